The first kappa shape index (κ1) is 35.6. The fourth-order valence-electron chi connectivity index (χ4n) is 6.35. The smallest absolute Gasteiger partial charge is 0.305 e. The van der Waals surface area contributed by atoms with Crippen molar-refractivity contribution in [3.63, 3.8) is 0 Å². The number of aliphatic imine (C=N–C) groups is 1. The molecule has 250 valence electrons. The van der Waals surface area contributed by atoms with E-state index in [-0.39, 0.29) is 55.8 Å². The molecule has 7 atom stereocenters. The van der Waals surface area contributed by atoms with Gasteiger partial charge in [-0.3, -0.25) is 24.2 Å². The Kier molecular flexibility index (Phi) is 13.0. The van der Waals surface area contributed by atoms with Gasteiger partial charge in [0.2, 0.25) is 17.7 Å². The fraction of sp³-hybridized carbons (Fsp3) is 0.645. The summed E-state index contributed by atoms with van der Waals surface area (Å²) < 4.78 is 0. The molecule has 2 fully saturated rings. The number of benzene rings is 1. The topological polar surface area (TPSA) is 241 Å². The molecule has 0 bridgehead atoms. The summed E-state index contributed by atoms with van der Waals surface area (Å²) >= 11 is 0. The van der Waals surface area contributed by atoms with Gasteiger partial charge in [0.15, 0.2) is 5.96 Å². The highest BCUT2D eigenvalue weighted by Gasteiger charge is 2.50. The molecule has 14 heteroatoms. The van der Waals surface area contributed by atoms with Gasteiger partial charge in [0.05, 0.1) is 12.5 Å². The molecule has 1 saturated carbocycles. The fourth-order valence-corrected chi connectivity index (χ4v) is 6.35. The molecule has 10 N–H and O–H groups in total. The number of aromatic hydroxyl groups is 1. The zero-order chi connectivity index (χ0) is 33.3. The minimum absolute atomic E-state index is 0.0266. The molecule has 14 nitrogen and oxygen atoms in total. The number of hydrogen-bond acceptors (Lipinski definition) is 8. The molecule has 2 aliphatic rings. The standard InChI is InChI=1S/C31H48N6O8/c1-17(2)12-23(36-29(44)26(40)13-18-5-8-21(38)9-6-18)30(45)37-24-16-22(39)10-7-19(24)14-25(37)28(43)35-20(15-27(41)42)4-3-11-34-31(32)33/h5-6,8-9,17,19-20,22-26,38-40H,3-4,7,10-16H2,1-2H3,(H,35,43)(H,36,44)(H,41,42)(H4,32,33,34)/t19-,20-,22+,23+,24-,25-,26+/m0/s1. The Hall–Kier alpha value is -3.91. The number of nitrogens with zero attached hydrogens (tertiary/aromatic N) is 2. The number of carbonyl (C=O) groups is 4. The van der Waals surface area contributed by atoms with Crippen molar-refractivity contribution < 1.29 is 39.6 Å². The molecule has 3 rings (SSSR count). The molecule has 1 saturated heterocycles. The van der Waals surface area contributed by atoms with Gasteiger partial charge in [-0.15, -0.1) is 0 Å². The summed E-state index contributed by atoms with van der Waals surface area (Å²) in [5, 5.41) is 45.6. The number of aliphatic hydroxyl groups excluding tert-OH is 2. The molecule has 1 aliphatic heterocycles. The summed E-state index contributed by atoms with van der Waals surface area (Å²) in [6, 6.07) is 2.93. The van der Waals surface area contributed by atoms with Gasteiger partial charge in [0, 0.05) is 25.0 Å². The number of nitrogens with two attached hydrogens (primary N) is 2. The van der Waals surface area contributed by atoms with Crippen molar-refractivity contribution in [2.45, 2.75) is 108 Å². The van der Waals surface area contributed by atoms with Crippen LogP contribution in [-0.2, 0) is 25.6 Å². The Balaban J connectivity index is 1.81. The molecule has 0 aromatic heterocycles. The van der Waals surface area contributed by atoms with E-state index in [9.17, 15) is 39.6 Å². The molecular weight excluding hydrogens is 584 g/mol. The highest BCUT2D eigenvalue weighted by molar-refractivity contribution is 5.94. The summed E-state index contributed by atoms with van der Waals surface area (Å²) in [6.07, 6.45) is 0.272. The molecule has 45 heavy (non-hydrogen) atoms. The molecule has 3 amide bonds. The summed E-state index contributed by atoms with van der Waals surface area (Å²) in [4.78, 5) is 58.1. The van der Waals surface area contributed by atoms with Crippen molar-refractivity contribution in [2.24, 2.45) is 28.3 Å². The number of aliphatic carboxylic acids is 1. The summed E-state index contributed by atoms with van der Waals surface area (Å²) in [7, 11) is 0. The van der Waals surface area contributed by atoms with E-state index in [2.05, 4.69) is 15.6 Å². The SMILES string of the molecule is CC(C)C[C@@H](NC(=O)[C@H](O)Cc1ccc(O)cc1)C(=O)N1[C@H](C(=O)N[C@@H](CCCN=C(N)N)CC(=O)O)C[C@@H]2CC[C@@H](O)C[C@@H]21. The van der Waals surface area contributed by atoms with E-state index in [0.29, 0.717) is 37.7 Å². The molecular formula is C31H48N6O8. The first-order valence-corrected chi connectivity index (χ1v) is 15.6. The van der Waals surface area contributed by atoms with Gasteiger partial charge in [-0.25, -0.2) is 0 Å². The van der Waals surface area contributed by atoms with Crippen molar-refractivity contribution in [3.8, 4) is 5.75 Å². The maximum atomic E-state index is 14.3. The first-order valence-electron chi connectivity index (χ1n) is 15.6. The number of carboxylic acid groups (broad SMARTS) is 1. The third-order valence-electron chi connectivity index (χ3n) is 8.47. The van der Waals surface area contributed by atoms with Crippen LogP contribution < -0.4 is 22.1 Å². The van der Waals surface area contributed by atoms with E-state index in [4.69, 9.17) is 11.5 Å². The molecule has 1 aliphatic carbocycles. The summed E-state index contributed by atoms with van der Waals surface area (Å²) in [6.45, 7) is 4.04. The van der Waals surface area contributed by atoms with Crippen molar-refractivity contribution >= 4 is 29.7 Å². The molecule has 0 spiro atoms. The lowest BCUT2D eigenvalue weighted by atomic mass is 9.83. The van der Waals surface area contributed by atoms with Crippen LogP contribution in [0.15, 0.2) is 29.3 Å². The van der Waals surface area contributed by atoms with E-state index in [1.165, 1.54) is 17.0 Å². The van der Waals surface area contributed by atoms with Crippen LogP contribution in [0, 0.1) is 11.8 Å². The van der Waals surface area contributed by atoms with Gasteiger partial charge in [0.1, 0.15) is 23.9 Å². The Morgan fingerprint density at radius 2 is 1.76 bits per heavy atom. The lowest BCUT2D eigenvalue weighted by Gasteiger charge is -2.38. The highest BCUT2D eigenvalue weighted by Crippen LogP contribution is 2.40. The number of guanidine groups is 1. The van der Waals surface area contributed by atoms with E-state index in [1.54, 1.807) is 12.1 Å². The number of carboxylic acids is 1. The largest absolute Gasteiger partial charge is 0.508 e. The molecule has 1 heterocycles. The van der Waals surface area contributed by atoms with Gasteiger partial charge in [-0.1, -0.05) is 26.0 Å². The predicted molar refractivity (Wildman–Crippen MR) is 166 cm³/mol. The second kappa shape index (κ2) is 16.4. The van der Waals surface area contributed by atoms with Crippen LogP contribution in [0.1, 0.15) is 70.8 Å². The van der Waals surface area contributed by atoms with Gasteiger partial charge < -0.3 is 47.4 Å². The average Bonchev–Trinajstić information content (AvgIpc) is 3.33. The van der Waals surface area contributed by atoms with E-state index in [0.717, 1.165) is 0 Å². The molecule has 1 aromatic carbocycles. The van der Waals surface area contributed by atoms with E-state index < -0.39 is 60.1 Å². The van der Waals surface area contributed by atoms with Crippen molar-refractivity contribution in [2.75, 3.05) is 6.54 Å². The number of rotatable bonds is 15. The van der Waals surface area contributed by atoms with Crippen LogP contribution in [0.3, 0.4) is 0 Å². The van der Waals surface area contributed by atoms with Crippen molar-refractivity contribution in [1.82, 2.24) is 15.5 Å². The van der Waals surface area contributed by atoms with Gasteiger partial charge in [-0.05, 0) is 74.5 Å². The van der Waals surface area contributed by atoms with Crippen molar-refractivity contribution in [1.29, 1.82) is 0 Å². The second-order valence-electron chi connectivity index (χ2n) is 12.6. The number of carbonyl (C=O) groups excluding carboxylic acids is 3. The zero-order valence-electron chi connectivity index (χ0n) is 26.0. The number of aliphatic hydroxyl groups is 2. The highest BCUT2D eigenvalue weighted by atomic mass is 16.4. The molecule has 1 aromatic rings. The third kappa shape index (κ3) is 10.6. The maximum Gasteiger partial charge on any atom is 0.305 e. The number of amides is 3. The Labute approximate surface area is 263 Å². The lowest BCUT2D eigenvalue weighted by molar-refractivity contribution is -0.146. The lowest BCUT2D eigenvalue weighted by Crippen LogP contribution is -2.58. The van der Waals surface area contributed by atoms with Gasteiger partial charge in [0.25, 0.3) is 0 Å². The number of hydrogen-bond donors (Lipinski definition) is 8. The van der Waals surface area contributed by atoms with Crippen LogP contribution in [-0.4, -0.2) is 97.9 Å². The normalized spacial score (nSPS) is 23.0. The Morgan fingerprint density at radius 3 is 2.38 bits per heavy atom. The van der Waals surface area contributed by atoms with Crippen molar-refractivity contribution in [3.05, 3.63) is 29.8 Å². The minimum Gasteiger partial charge on any atom is -0.508 e. The van der Waals surface area contributed by atoms with Crippen LogP contribution in [0.4, 0.5) is 0 Å². The number of phenols is 1. The monoisotopic (exact) mass is 632 g/mol. The summed E-state index contributed by atoms with van der Waals surface area (Å²) in [5.41, 5.74) is 11.3. The zero-order valence-corrected chi connectivity index (χ0v) is 26.0. The second-order valence-corrected chi connectivity index (χ2v) is 12.6. The maximum absolute atomic E-state index is 14.3. The van der Waals surface area contributed by atoms with Crippen LogP contribution in [0.25, 0.3) is 0 Å². The van der Waals surface area contributed by atoms with Gasteiger partial charge in [-0.2, -0.15) is 0 Å². The number of nitrogens with one attached hydrogen (secondary N) is 2. The predicted octanol–water partition coefficient (Wildman–Crippen LogP) is -0.0299. The van der Waals surface area contributed by atoms with Crippen LogP contribution >= 0.6 is 0 Å². The molecule has 0 radical (unpaired) electrons. The van der Waals surface area contributed by atoms with Gasteiger partial charge >= 0.3 is 5.97 Å². The third-order valence-corrected chi connectivity index (χ3v) is 8.47. The Morgan fingerprint density at radius 1 is 1.07 bits per heavy atom. The number of fused-ring (bicyclic) bond motifs is 1. The molecule has 0 unspecified atom stereocenters. The first-order chi connectivity index (χ1) is 21.2. The van der Waals surface area contributed by atoms with Crippen LogP contribution in [0.5, 0.6) is 5.75 Å². The summed E-state index contributed by atoms with van der Waals surface area (Å²) in [5.74, 6) is -2.94. The minimum atomic E-state index is -1.46. The van der Waals surface area contributed by atoms with Crippen LogP contribution in [0.2, 0.25) is 0 Å². The number of phenolic OH excluding ortho intramolecular Hbond substituents is 1. The van der Waals surface area contributed by atoms with E-state index >= 15 is 0 Å². The Bertz CT molecular complexity index is 1200. The number of likely N-dealkylation sites (tertiary alicyclic amines) is 1. The van der Waals surface area contributed by atoms with E-state index in [1.807, 2.05) is 13.8 Å². The quantitative estimate of drug-likeness (QED) is 0.0729. The average molecular weight is 633 g/mol.